The monoisotopic (exact) mass is 558 g/mol. The first kappa shape index (κ1) is 29.0. The zero-order valence-electron chi connectivity index (χ0n) is 18.2. The van der Waals surface area contributed by atoms with E-state index >= 15 is 0 Å². The van der Waals surface area contributed by atoms with Crippen LogP contribution in [0.1, 0.15) is 21.3 Å². The van der Waals surface area contributed by atoms with Crippen LogP contribution in [-0.2, 0) is 0 Å². The van der Waals surface area contributed by atoms with Crippen molar-refractivity contribution in [2.24, 2.45) is 0 Å². The predicted octanol–water partition coefficient (Wildman–Crippen LogP) is 6.09. The number of rotatable bonds is 6. The number of aromatic nitrogens is 4. The smallest absolute Gasteiger partial charge is 0.172 e. The van der Waals surface area contributed by atoms with Crippen LogP contribution < -0.4 is 10.6 Å². The van der Waals surface area contributed by atoms with Crippen molar-refractivity contribution in [1.82, 2.24) is 19.9 Å². The molecule has 2 aromatic carbocycles. The second kappa shape index (κ2) is 13.2. The molecule has 0 amide bonds. The van der Waals surface area contributed by atoms with E-state index in [0.29, 0.717) is 43.7 Å². The van der Waals surface area contributed by atoms with Crippen molar-refractivity contribution < 1.29 is 10.2 Å². The molecule has 0 aliphatic rings. The van der Waals surface area contributed by atoms with Gasteiger partial charge in [-0.25, -0.2) is 19.9 Å². The highest BCUT2D eigenvalue weighted by Gasteiger charge is 2.10. The Morgan fingerprint density at radius 1 is 0.657 bits per heavy atom. The van der Waals surface area contributed by atoms with Gasteiger partial charge in [0.2, 0.25) is 0 Å². The molecular formula is C23H26Cl4N6O2. The van der Waals surface area contributed by atoms with Crippen LogP contribution in [-0.4, -0.2) is 55.4 Å². The molecule has 4 rings (SSSR count). The van der Waals surface area contributed by atoms with Gasteiger partial charge >= 0.3 is 0 Å². The van der Waals surface area contributed by atoms with Crippen molar-refractivity contribution in [2.45, 2.75) is 33.4 Å². The van der Waals surface area contributed by atoms with Gasteiger partial charge < -0.3 is 20.8 Å². The first-order valence-corrected chi connectivity index (χ1v) is 11.7. The highest BCUT2D eigenvalue weighted by atomic mass is 35.5. The number of nitrogens with zero attached hydrogens (tertiary/aromatic N) is 4. The van der Waals surface area contributed by atoms with Crippen molar-refractivity contribution in [1.29, 1.82) is 0 Å². The molecule has 0 fully saturated rings. The molecule has 2 unspecified atom stereocenters. The standard InChI is InChI=1S/2C11H11Cl2N3O.CH4/c1-6(5-17)14-11-10(13)15-9-4-7(12)2-3-8(9)16-11;1-6(5-17)14-11-10(13)15-8-3-2-7(12)4-9(8)16-11;/h2*2-4,6,17H,5H2,1H3,(H,14,16);1H4. The third kappa shape index (κ3) is 7.90. The Hall–Kier alpha value is -2.20. The Labute approximate surface area is 223 Å². The molecule has 2 atom stereocenters. The molecule has 0 bridgehead atoms. The summed E-state index contributed by atoms with van der Waals surface area (Å²) in [5.74, 6) is 0.908. The minimum absolute atomic E-state index is 0. The Morgan fingerprint density at radius 3 is 1.49 bits per heavy atom. The molecule has 35 heavy (non-hydrogen) atoms. The molecule has 188 valence electrons. The molecule has 8 nitrogen and oxygen atoms in total. The average Bonchev–Trinajstić information content (AvgIpc) is 2.80. The number of hydrogen-bond acceptors (Lipinski definition) is 8. The fraction of sp³-hybridized carbons (Fsp3) is 0.304. The van der Waals surface area contributed by atoms with Crippen LogP contribution in [0.15, 0.2) is 36.4 Å². The van der Waals surface area contributed by atoms with Crippen LogP contribution >= 0.6 is 46.4 Å². The molecule has 0 aliphatic carbocycles. The summed E-state index contributed by atoms with van der Waals surface area (Å²) in [6, 6.07) is 10.2. The number of anilines is 2. The Kier molecular flexibility index (Phi) is 11.0. The molecule has 4 N–H and O–H groups in total. The van der Waals surface area contributed by atoms with Crippen molar-refractivity contribution in [3.63, 3.8) is 0 Å². The highest BCUT2D eigenvalue weighted by Crippen LogP contribution is 2.25. The Morgan fingerprint density at radius 2 is 1.03 bits per heavy atom. The van der Waals surface area contributed by atoms with Gasteiger partial charge in [0.1, 0.15) is 0 Å². The van der Waals surface area contributed by atoms with Gasteiger partial charge in [0.15, 0.2) is 21.9 Å². The van der Waals surface area contributed by atoms with Crippen LogP contribution in [0.5, 0.6) is 0 Å². The van der Waals surface area contributed by atoms with Crippen LogP contribution in [0.2, 0.25) is 20.4 Å². The van der Waals surface area contributed by atoms with Crippen LogP contribution in [0.4, 0.5) is 11.6 Å². The maximum atomic E-state index is 8.97. The molecular weight excluding hydrogens is 534 g/mol. The molecule has 0 saturated heterocycles. The largest absolute Gasteiger partial charge is 0.394 e. The van der Waals surface area contributed by atoms with Crippen LogP contribution in [0.25, 0.3) is 22.1 Å². The number of fused-ring (bicyclic) bond motifs is 2. The van der Waals surface area contributed by atoms with Gasteiger partial charge in [-0.1, -0.05) is 53.8 Å². The Bertz CT molecular complexity index is 1290. The van der Waals surface area contributed by atoms with Gasteiger partial charge in [0.25, 0.3) is 0 Å². The lowest BCUT2D eigenvalue weighted by Gasteiger charge is -2.12. The summed E-state index contributed by atoms with van der Waals surface area (Å²) in [7, 11) is 0. The number of aliphatic hydroxyl groups excluding tert-OH is 2. The summed E-state index contributed by atoms with van der Waals surface area (Å²) < 4.78 is 0. The van der Waals surface area contributed by atoms with Crippen molar-refractivity contribution in [3.8, 4) is 0 Å². The number of hydrogen-bond donors (Lipinski definition) is 4. The number of nitrogens with one attached hydrogen (secondary N) is 2. The fourth-order valence-corrected chi connectivity index (χ4v) is 3.46. The van der Waals surface area contributed by atoms with Gasteiger partial charge in [0, 0.05) is 22.1 Å². The highest BCUT2D eigenvalue weighted by molar-refractivity contribution is 6.33. The Balaban J connectivity index is 0.000000240. The van der Waals surface area contributed by atoms with E-state index in [4.69, 9.17) is 56.6 Å². The average molecular weight is 560 g/mol. The van der Waals surface area contributed by atoms with Crippen LogP contribution in [0, 0.1) is 0 Å². The lowest BCUT2D eigenvalue weighted by molar-refractivity contribution is 0.281. The second-order valence-corrected chi connectivity index (χ2v) is 9.04. The van der Waals surface area contributed by atoms with E-state index < -0.39 is 0 Å². The van der Waals surface area contributed by atoms with E-state index in [1.807, 2.05) is 13.8 Å². The summed E-state index contributed by atoms with van der Waals surface area (Å²) in [5, 5.41) is 25.6. The topological polar surface area (TPSA) is 116 Å². The molecule has 2 aromatic heterocycles. The van der Waals surface area contributed by atoms with E-state index in [1.165, 1.54) is 0 Å². The van der Waals surface area contributed by atoms with E-state index in [0.717, 1.165) is 0 Å². The van der Waals surface area contributed by atoms with Crippen LogP contribution in [0.3, 0.4) is 0 Å². The number of aliphatic hydroxyl groups is 2. The number of benzene rings is 2. The number of halogens is 4. The molecule has 0 saturated carbocycles. The summed E-state index contributed by atoms with van der Waals surface area (Å²) in [6.07, 6.45) is 0. The van der Waals surface area contributed by atoms with Gasteiger partial charge in [-0.05, 0) is 50.2 Å². The van der Waals surface area contributed by atoms with Crippen molar-refractivity contribution >= 4 is 80.1 Å². The summed E-state index contributed by atoms with van der Waals surface area (Å²) in [4.78, 5) is 17.1. The van der Waals surface area contributed by atoms with Gasteiger partial charge in [-0.15, -0.1) is 0 Å². The summed E-state index contributed by atoms with van der Waals surface area (Å²) >= 11 is 23.7. The maximum Gasteiger partial charge on any atom is 0.172 e. The third-order valence-electron chi connectivity index (χ3n) is 4.48. The van der Waals surface area contributed by atoms with Gasteiger partial charge in [-0.2, -0.15) is 0 Å². The second-order valence-electron chi connectivity index (χ2n) is 7.45. The fourth-order valence-electron chi connectivity index (χ4n) is 2.75. The molecule has 0 radical (unpaired) electrons. The normalized spacial score (nSPS) is 12.3. The van der Waals surface area contributed by atoms with Gasteiger partial charge in [0.05, 0.1) is 35.3 Å². The van der Waals surface area contributed by atoms with Crippen molar-refractivity contribution in [2.75, 3.05) is 23.8 Å². The first-order valence-electron chi connectivity index (χ1n) is 10.2. The summed E-state index contributed by atoms with van der Waals surface area (Å²) in [6.45, 7) is 3.63. The predicted molar refractivity (Wildman–Crippen MR) is 146 cm³/mol. The zero-order valence-corrected chi connectivity index (χ0v) is 21.3. The van der Waals surface area contributed by atoms with Crippen molar-refractivity contribution in [3.05, 3.63) is 56.7 Å². The lowest BCUT2D eigenvalue weighted by Crippen LogP contribution is -2.20. The third-order valence-corrected chi connectivity index (χ3v) is 5.48. The minimum Gasteiger partial charge on any atom is -0.394 e. The van der Waals surface area contributed by atoms with E-state index in [1.54, 1.807) is 36.4 Å². The molecule has 4 aromatic rings. The SMILES string of the molecule is C.CC(CO)Nc1nc2cc(Cl)ccc2nc1Cl.CC(CO)Nc1nc2ccc(Cl)cc2nc1Cl. The molecule has 0 aliphatic heterocycles. The first-order chi connectivity index (χ1) is 16.2. The molecule has 0 spiro atoms. The van der Waals surface area contributed by atoms with E-state index in [2.05, 4.69) is 30.6 Å². The zero-order chi connectivity index (χ0) is 24.8. The van der Waals surface area contributed by atoms with E-state index in [9.17, 15) is 0 Å². The molecule has 2 heterocycles. The van der Waals surface area contributed by atoms with E-state index in [-0.39, 0.29) is 43.0 Å². The maximum absolute atomic E-state index is 8.97. The van der Waals surface area contributed by atoms with Gasteiger partial charge in [-0.3, -0.25) is 0 Å². The lowest BCUT2D eigenvalue weighted by atomic mass is 10.3. The summed E-state index contributed by atoms with van der Waals surface area (Å²) in [5.41, 5.74) is 2.69. The minimum atomic E-state index is -0.140. The quantitative estimate of drug-likeness (QED) is 0.224. The molecule has 12 heteroatoms.